The van der Waals surface area contributed by atoms with Gasteiger partial charge in [-0.15, -0.1) is 0 Å². The van der Waals surface area contributed by atoms with Crippen molar-refractivity contribution in [2.45, 2.75) is 57.8 Å². The van der Waals surface area contributed by atoms with E-state index in [4.69, 9.17) is 4.42 Å². The largest absolute Gasteiger partial charge is 0.461 e. The van der Waals surface area contributed by atoms with Crippen molar-refractivity contribution in [3.8, 4) is 0 Å². The fourth-order valence-electron chi connectivity index (χ4n) is 4.91. The first-order valence-corrected chi connectivity index (χ1v) is 9.85. The molecule has 0 fully saturated rings. The SMILES string of the molecule is CCCC1(CCC)C2=CCCC=C2c2ccc(C(=O)c3ccco3)cc21. The third kappa shape index (κ3) is 2.51. The maximum absolute atomic E-state index is 12.8. The van der Waals surface area contributed by atoms with Crippen molar-refractivity contribution in [2.24, 2.45) is 0 Å². The van der Waals surface area contributed by atoms with Gasteiger partial charge in [0.05, 0.1) is 6.26 Å². The molecule has 4 rings (SSSR count). The molecule has 1 aromatic carbocycles. The molecule has 2 aromatic rings. The van der Waals surface area contributed by atoms with E-state index in [1.54, 1.807) is 18.4 Å². The van der Waals surface area contributed by atoms with Crippen LogP contribution < -0.4 is 0 Å². The molecule has 0 aliphatic heterocycles. The van der Waals surface area contributed by atoms with Gasteiger partial charge in [0, 0.05) is 11.0 Å². The summed E-state index contributed by atoms with van der Waals surface area (Å²) >= 11 is 0. The number of furan rings is 1. The van der Waals surface area contributed by atoms with Crippen molar-refractivity contribution < 1.29 is 9.21 Å². The molecular weight excluding hydrogens is 320 g/mol. The fraction of sp³-hybridized carbons (Fsp3) is 0.375. The number of carbonyl (C=O) groups excluding carboxylic acids is 1. The second kappa shape index (κ2) is 6.75. The highest BCUT2D eigenvalue weighted by Gasteiger charge is 2.44. The molecule has 0 saturated carbocycles. The minimum absolute atomic E-state index is 0.0301. The van der Waals surface area contributed by atoms with Gasteiger partial charge in [-0.2, -0.15) is 0 Å². The van der Waals surface area contributed by atoms with Crippen LogP contribution in [0.3, 0.4) is 0 Å². The number of rotatable bonds is 6. The van der Waals surface area contributed by atoms with Gasteiger partial charge in [0.1, 0.15) is 0 Å². The zero-order valence-corrected chi connectivity index (χ0v) is 15.7. The van der Waals surface area contributed by atoms with Gasteiger partial charge in [0.25, 0.3) is 0 Å². The van der Waals surface area contributed by atoms with E-state index in [1.807, 2.05) is 6.07 Å². The monoisotopic (exact) mass is 346 g/mol. The summed E-state index contributed by atoms with van der Waals surface area (Å²) in [5.41, 5.74) is 6.38. The molecular formula is C24H26O2. The number of hydrogen-bond acceptors (Lipinski definition) is 2. The molecule has 2 aliphatic carbocycles. The van der Waals surface area contributed by atoms with Crippen LogP contribution >= 0.6 is 0 Å². The van der Waals surface area contributed by atoms with Crippen LogP contribution in [0.1, 0.15) is 79.6 Å². The normalized spacial score (nSPS) is 17.3. The van der Waals surface area contributed by atoms with Gasteiger partial charge < -0.3 is 4.42 Å². The number of fused-ring (bicyclic) bond motifs is 3. The maximum atomic E-state index is 12.8. The first-order valence-electron chi connectivity index (χ1n) is 9.85. The molecule has 0 amide bonds. The van der Waals surface area contributed by atoms with Crippen molar-refractivity contribution >= 4 is 11.4 Å². The second-order valence-corrected chi connectivity index (χ2v) is 7.46. The highest BCUT2D eigenvalue weighted by atomic mass is 16.3. The zero-order valence-electron chi connectivity index (χ0n) is 15.7. The quantitative estimate of drug-likeness (QED) is 0.561. The zero-order chi connectivity index (χ0) is 18.1. The van der Waals surface area contributed by atoms with Gasteiger partial charge in [-0.05, 0) is 66.2 Å². The van der Waals surface area contributed by atoms with Gasteiger partial charge in [0.15, 0.2) is 5.76 Å². The summed E-state index contributed by atoms with van der Waals surface area (Å²) in [6, 6.07) is 9.77. The number of ketones is 1. The predicted octanol–water partition coefficient (Wildman–Crippen LogP) is 6.47. The number of hydrogen-bond donors (Lipinski definition) is 0. The summed E-state index contributed by atoms with van der Waals surface area (Å²) in [4.78, 5) is 12.8. The van der Waals surface area contributed by atoms with Crippen LogP contribution in [0.15, 0.2) is 58.7 Å². The van der Waals surface area contributed by atoms with Crippen molar-refractivity contribution in [3.63, 3.8) is 0 Å². The van der Waals surface area contributed by atoms with E-state index < -0.39 is 0 Å². The molecule has 0 spiro atoms. The van der Waals surface area contributed by atoms with Crippen LogP contribution in [0, 0.1) is 0 Å². The molecule has 1 aromatic heterocycles. The highest BCUT2D eigenvalue weighted by Crippen LogP contribution is 2.56. The summed E-state index contributed by atoms with van der Waals surface area (Å²) < 4.78 is 5.34. The Balaban J connectivity index is 1.88. The average Bonchev–Trinajstić information content (AvgIpc) is 3.29. The van der Waals surface area contributed by atoms with Crippen molar-refractivity contribution in [1.29, 1.82) is 0 Å². The van der Waals surface area contributed by atoms with Crippen LogP contribution in [0.25, 0.3) is 5.57 Å². The van der Waals surface area contributed by atoms with Crippen LogP contribution in [-0.2, 0) is 5.41 Å². The summed E-state index contributed by atoms with van der Waals surface area (Å²) in [6.07, 6.45) is 13.2. The lowest BCUT2D eigenvalue weighted by Crippen LogP contribution is -2.25. The molecule has 0 unspecified atom stereocenters. The first-order chi connectivity index (χ1) is 12.7. The molecule has 0 saturated heterocycles. The minimum Gasteiger partial charge on any atom is -0.461 e. The Kier molecular flexibility index (Phi) is 4.44. The van der Waals surface area contributed by atoms with E-state index in [9.17, 15) is 4.79 Å². The third-order valence-corrected chi connectivity index (χ3v) is 5.86. The van der Waals surface area contributed by atoms with Crippen molar-refractivity contribution in [2.75, 3.05) is 0 Å². The lowest BCUT2D eigenvalue weighted by atomic mass is 9.70. The Morgan fingerprint density at radius 1 is 1.08 bits per heavy atom. The molecule has 2 aliphatic rings. The predicted molar refractivity (Wildman–Crippen MR) is 105 cm³/mol. The maximum Gasteiger partial charge on any atom is 0.228 e. The molecule has 26 heavy (non-hydrogen) atoms. The Hall–Kier alpha value is -2.35. The highest BCUT2D eigenvalue weighted by molar-refractivity contribution is 6.08. The van der Waals surface area contributed by atoms with Crippen LogP contribution in [0.2, 0.25) is 0 Å². The lowest BCUT2D eigenvalue weighted by Gasteiger charge is -2.33. The number of benzene rings is 1. The van der Waals surface area contributed by atoms with Crippen molar-refractivity contribution in [1.82, 2.24) is 0 Å². The molecule has 0 N–H and O–H groups in total. The van der Waals surface area contributed by atoms with Gasteiger partial charge in [-0.3, -0.25) is 4.79 Å². The summed E-state index contributed by atoms with van der Waals surface area (Å²) in [6.45, 7) is 4.53. The summed E-state index contributed by atoms with van der Waals surface area (Å²) in [5.74, 6) is 0.382. The molecule has 0 radical (unpaired) electrons. The molecule has 2 nitrogen and oxygen atoms in total. The molecule has 2 heteroatoms. The lowest BCUT2D eigenvalue weighted by molar-refractivity contribution is 0.101. The van der Waals surface area contributed by atoms with Gasteiger partial charge in [-0.25, -0.2) is 0 Å². The van der Waals surface area contributed by atoms with Gasteiger partial charge in [0.2, 0.25) is 5.78 Å². The van der Waals surface area contributed by atoms with E-state index in [0.29, 0.717) is 5.76 Å². The minimum atomic E-state index is -0.0301. The molecule has 134 valence electrons. The van der Waals surface area contributed by atoms with Gasteiger partial charge in [-0.1, -0.05) is 51.0 Å². The molecule has 0 atom stereocenters. The van der Waals surface area contributed by atoms with E-state index in [1.165, 1.54) is 22.3 Å². The van der Waals surface area contributed by atoms with E-state index in [0.717, 1.165) is 44.1 Å². The Labute approximate surface area is 155 Å². The Morgan fingerprint density at radius 2 is 1.85 bits per heavy atom. The number of carbonyl (C=O) groups is 1. The van der Waals surface area contributed by atoms with E-state index in [2.05, 4.69) is 38.1 Å². The Bertz CT molecular complexity index is 875. The average molecular weight is 346 g/mol. The topological polar surface area (TPSA) is 30.2 Å². The van der Waals surface area contributed by atoms with Crippen LogP contribution in [0.4, 0.5) is 0 Å². The summed E-state index contributed by atoms with van der Waals surface area (Å²) in [7, 11) is 0. The first kappa shape index (κ1) is 17.1. The standard InChI is InChI=1S/C24H26O2/c1-3-13-24(14-4-2)20-9-6-5-8-18(20)19-12-11-17(16-21(19)24)23(25)22-10-7-15-26-22/h7-12,15-16H,3-6,13-14H2,1-2H3. The second-order valence-electron chi connectivity index (χ2n) is 7.46. The summed E-state index contributed by atoms with van der Waals surface area (Å²) in [5, 5.41) is 0. The molecule has 1 heterocycles. The van der Waals surface area contributed by atoms with Gasteiger partial charge >= 0.3 is 0 Å². The number of allylic oxidation sites excluding steroid dienone is 4. The fourth-order valence-corrected chi connectivity index (χ4v) is 4.91. The Morgan fingerprint density at radius 3 is 2.54 bits per heavy atom. The van der Waals surface area contributed by atoms with Crippen LogP contribution in [-0.4, -0.2) is 5.78 Å². The third-order valence-electron chi connectivity index (χ3n) is 5.86. The smallest absolute Gasteiger partial charge is 0.228 e. The van der Waals surface area contributed by atoms with Crippen molar-refractivity contribution in [3.05, 3.63) is 76.8 Å². The van der Waals surface area contributed by atoms with E-state index in [-0.39, 0.29) is 11.2 Å². The van der Waals surface area contributed by atoms with Crippen LogP contribution in [0.5, 0.6) is 0 Å². The molecule has 0 bridgehead atoms. The van der Waals surface area contributed by atoms with E-state index >= 15 is 0 Å².